The average molecular weight is 272 g/mol. The molecule has 1 amide bonds. The highest BCUT2D eigenvalue weighted by molar-refractivity contribution is 5.94. The highest BCUT2D eigenvalue weighted by Crippen LogP contribution is 2.26. The average Bonchev–Trinajstić information content (AvgIpc) is 2.81. The van der Waals surface area contributed by atoms with Gasteiger partial charge in [0.15, 0.2) is 5.82 Å². The van der Waals surface area contributed by atoms with Gasteiger partial charge in [-0.05, 0) is 38.1 Å². The van der Waals surface area contributed by atoms with Crippen LogP contribution in [0.2, 0.25) is 0 Å². The molecular weight excluding hydrogens is 256 g/mol. The second-order valence-electron chi connectivity index (χ2n) is 4.97. The summed E-state index contributed by atoms with van der Waals surface area (Å²) < 4.78 is 5.16. The molecule has 1 aromatic carbocycles. The topological polar surface area (TPSA) is 80.0 Å². The van der Waals surface area contributed by atoms with Crippen LogP contribution in [0.15, 0.2) is 28.8 Å². The van der Waals surface area contributed by atoms with Crippen LogP contribution in [0.4, 0.5) is 5.69 Å². The molecule has 2 aromatic rings. The van der Waals surface area contributed by atoms with Gasteiger partial charge in [-0.3, -0.25) is 4.79 Å². The number of carbonyl (C=O) groups excluding carboxylic acids is 1. The van der Waals surface area contributed by atoms with Crippen molar-refractivity contribution >= 4 is 11.6 Å². The Morgan fingerprint density at radius 3 is 2.90 bits per heavy atom. The molecule has 6 heteroatoms. The van der Waals surface area contributed by atoms with Gasteiger partial charge in [-0.2, -0.15) is 4.98 Å². The molecule has 2 N–H and O–H groups in total. The van der Waals surface area contributed by atoms with E-state index in [9.17, 15) is 4.79 Å². The van der Waals surface area contributed by atoms with Crippen LogP contribution in [-0.2, 0) is 4.79 Å². The number of benzene rings is 1. The maximum Gasteiger partial charge on any atom is 0.260 e. The Bertz CT molecular complexity index is 619. The number of hydrogen-bond acceptors (Lipinski definition) is 5. The Morgan fingerprint density at radius 2 is 2.25 bits per heavy atom. The summed E-state index contributed by atoms with van der Waals surface area (Å²) in [5, 5.41) is 9.86. The number of nitrogens with zero attached hydrogens (tertiary/aromatic N) is 2. The van der Waals surface area contributed by atoms with Gasteiger partial charge in [0.05, 0.1) is 11.3 Å². The second kappa shape index (κ2) is 5.42. The van der Waals surface area contributed by atoms with E-state index in [1.165, 1.54) is 0 Å². The van der Waals surface area contributed by atoms with Crippen molar-refractivity contribution in [2.75, 3.05) is 18.4 Å². The lowest BCUT2D eigenvalue weighted by atomic mass is 9.99. The van der Waals surface area contributed by atoms with Gasteiger partial charge >= 0.3 is 0 Å². The minimum absolute atomic E-state index is 0.0141. The number of aromatic nitrogens is 2. The second-order valence-corrected chi connectivity index (χ2v) is 4.97. The summed E-state index contributed by atoms with van der Waals surface area (Å²) in [7, 11) is 0. The Morgan fingerprint density at radius 1 is 1.45 bits per heavy atom. The van der Waals surface area contributed by atoms with Crippen LogP contribution < -0.4 is 10.6 Å². The molecule has 6 nitrogen and oxygen atoms in total. The fraction of sp³-hybridized carbons (Fsp3) is 0.357. The predicted molar refractivity (Wildman–Crippen MR) is 74.1 cm³/mol. The van der Waals surface area contributed by atoms with Crippen molar-refractivity contribution in [1.82, 2.24) is 15.5 Å². The summed E-state index contributed by atoms with van der Waals surface area (Å²) in [4.78, 5) is 16.2. The van der Waals surface area contributed by atoms with E-state index in [1.807, 2.05) is 24.3 Å². The van der Waals surface area contributed by atoms with Crippen molar-refractivity contribution in [3.63, 3.8) is 0 Å². The van der Waals surface area contributed by atoms with Crippen molar-refractivity contribution in [3.8, 4) is 11.5 Å². The molecule has 1 fully saturated rings. The third-order valence-corrected chi connectivity index (χ3v) is 3.30. The van der Waals surface area contributed by atoms with Crippen LogP contribution in [0.25, 0.3) is 11.5 Å². The van der Waals surface area contributed by atoms with E-state index in [1.54, 1.807) is 6.92 Å². The summed E-state index contributed by atoms with van der Waals surface area (Å²) >= 11 is 0. The molecule has 2 heterocycles. The SMILES string of the molecule is Cc1noc(-c2ccccc2NC(=O)CC2CNC2)n1. The molecule has 0 unspecified atom stereocenters. The lowest BCUT2D eigenvalue weighted by Crippen LogP contribution is -2.43. The van der Waals surface area contributed by atoms with Gasteiger partial charge in [0.1, 0.15) is 0 Å². The Hall–Kier alpha value is -2.21. The van der Waals surface area contributed by atoms with Gasteiger partial charge < -0.3 is 15.2 Å². The normalized spacial score (nSPS) is 14.8. The highest BCUT2D eigenvalue weighted by atomic mass is 16.5. The first kappa shape index (κ1) is 12.8. The van der Waals surface area contributed by atoms with E-state index in [-0.39, 0.29) is 5.91 Å². The first-order chi connectivity index (χ1) is 9.72. The van der Waals surface area contributed by atoms with Gasteiger partial charge in [-0.25, -0.2) is 0 Å². The number of carbonyl (C=O) groups is 1. The highest BCUT2D eigenvalue weighted by Gasteiger charge is 2.21. The first-order valence-corrected chi connectivity index (χ1v) is 6.62. The summed E-state index contributed by atoms with van der Waals surface area (Å²) in [5.74, 6) is 1.44. The van der Waals surface area contributed by atoms with E-state index in [4.69, 9.17) is 4.52 Å². The third kappa shape index (κ3) is 2.70. The molecule has 20 heavy (non-hydrogen) atoms. The van der Waals surface area contributed by atoms with E-state index in [0.29, 0.717) is 29.7 Å². The van der Waals surface area contributed by atoms with Gasteiger partial charge in [0.2, 0.25) is 5.91 Å². The fourth-order valence-corrected chi connectivity index (χ4v) is 2.14. The van der Waals surface area contributed by atoms with Crippen LogP contribution in [-0.4, -0.2) is 29.1 Å². The van der Waals surface area contributed by atoms with Crippen LogP contribution in [0.5, 0.6) is 0 Å². The number of rotatable bonds is 4. The molecular formula is C14H16N4O2. The number of amides is 1. The maximum atomic E-state index is 12.0. The van der Waals surface area contributed by atoms with Crippen LogP contribution >= 0.6 is 0 Å². The van der Waals surface area contributed by atoms with Crippen LogP contribution in [0.1, 0.15) is 12.2 Å². The predicted octanol–water partition coefficient (Wildman–Crippen LogP) is 1.59. The van der Waals surface area contributed by atoms with Crippen molar-refractivity contribution in [2.24, 2.45) is 5.92 Å². The van der Waals surface area contributed by atoms with Gasteiger partial charge in [0.25, 0.3) is 5.89 Å². The number of anilines is 1. The summed E-state index contributed by atoms with van der Waals surface area (Å²) in [5.41, 5.74) is 1.45. The van der Waals surface area contributed by atoms with Gasteiger partial charge in [0, 0.05) is 6.42 Å². The molecule has 1 saturated heterocycles. The molecule has 3 rings (SSSR count). The van der Waals surface area contributed by atoms with Crippen LogP contribution in [0, 0.1) is 12.8 Å². The molecule has 1 aliphatic heterocycles. The van der Waals surface area contributed by atoms with E-state index in [0.717, 1.165) is 18.7 Å². The standard InChI is InChI=1S/C14H16N4O2/c1-9-16-14(20-18-9)11-4-2-3-5-12(11)17-13(19)6-10-7-15-8-10/h2-5,10,15H,6-8H2,1H3,(H,17,19). The minimum atomic E-state index is 0.0141. The first-order valence-electron chi connectivity index (χ1n) is 6.62. The quantitative estimate of drug-likeness (QED) is 0.883. The minimum Gasteiger partial charge on any atom is -0.334 e. The molecule has 1 aromatic heterocycles. The number of para-hydroxylation sites is 1. The largest absolute Gasteiger partial charge is 0.334 e. The molecule has 0 bridgehead atoms. The van der Waals surface area contributed by atoms with Crippen molar-refractivity contribution in [3.05, 3.63) is 30.1 Å². The zero-order chi connectivity index (χ0) is 13.9. The molecule has 104 valence electrons. The summed E-state index contributed by atoms with van der Waals surface area (Å²) in [6.07, 6.45) is 0.532. The lowest BCUT2D eigenvalue weighted by Gasteiger charge is -2.26. The Balaban J connectivity index is 1.77. The Labute approximate surface area is 116 Å². The monoisotopic (exact) mass is 272 g/mol. The molecule has 0 saturated carbocycles. The van der Waals surface area contributed by atoms with Crippen molar-refractivity contribution in [1.29, 1.82) is 0 Å². The number of aryl methyl sites for hydroxylation is 1. The number of nitrogens with one attached hydrogen (secondary N) is 2. The zero-order valence-corrected chi connectivity index (χ0v) is 11.2. The summed E-state index contributed by atoms with van der Waals surface area (Å²) in [6.45, 7) is 3.59. The molecule has 0 atom stereocenters. The third-order valence-electron chi connectivity index (χ3n) is 3.30. The molecule has 0 radical (unpaired) electrons. The van der Waals surface area contributed by atoms with Crippen LogP contribution in [0.3, 0.4) is 0 Å². The molecule has 0 spiro atoms. The molecule has 0 aliphatic carbocycles. The van der Waals surface area contributed by atoms with E-state index >= 15 is 0 Å². The van der Waals surface area contributed by atoms with E-state index in [2.05, 4.69) is 20.8 Å². The lowest BCUT2D eigenvalue weighted by molar-refractivity contribution is -0.117. The number of hydrogen-bond donors (Lipinski definition) is 2. The van der Waals surface area contributed by atoms with Gasteiger partial charge in [-0.15, -0.1) is 0 Å². The fourth-order valence-electron chi connectivity index (χ4n) is 2.14. The zero-order valence-electron chi connectivity index (χ0n) is 11.2. The van der Waals surface area contributed by atoms with E-state index < -0.39 is 0 Å². The summed E-state index contributed by atoms with van der Waals surface area (Å²) in [6, 6.07) is 7.44. The van der Waals surface area contributed by atoms with Crippen molar-refractivity contribution < 1.29 is 9.32 Å². The maximum absolute atomic E-state index is 12.0. The molecule has 1 aliphatic rings. The smallest absolute Gasteiger partial charge is 0.260 e. The van der Waals surface area contributed by atoms with Gasteiger partial charge in [-0.1, -0.05) is 17.3 Å². The Kier molecular flexibility index (Phi) is 3.47. The van der Waals surface area contributed by atoms with Crippen molar-refractivity contribution in [2.45, 2.75) is 13.3 Å².